The molecule has 0 aromatic heterocycles. The lowest BCUT2D eigenvalue weighted by atomic mass is 9.99. The highest BCUT2D eigenvalue weighted by atomic mass is 19.1. The molecule has 4 rings (SSSR count). The second kappa shape index (κ2) is 5.09. The zero-order chi connectivity index (χ0) is 14.4. The lowest BCUT2D eigenvalue weighted by Gasteiger charge is -2.33. The molecule has 3 aliphatic rings. The van der Waals surface area contributed by atoms with Gasteiger partial charge in [-0.3, -0.25) is 9.69 Å². The van der Waals surface area contributed by atoms with Gasteiger partial charge in [0.15, 0.2) is 0 Å². The van der Waals surface area contributed by atoms with E-state index in [0.717, 1.165) is 25.6 Å². The molecule has 0 N–H and O–H groups in total. The van der Waals surface area contributed by atoms with Crippen LogP contribution in [0, 0.1) is 17.7 Å². The maximum Gasteiger partial charge on any atom is 0.254 e. The first-order valence-electron chi connectivity index (χ1n) is 7.98. The van der Waals surface area contributed by atoms with E-state index in [9.17, 15) is 9.18 Å². The Balaban J connectivity index is 1.46. The average Bonchev–Trinajstić information content (AvgIpc) is 3.24. The summed E-state index contributed by atoms with van der Waals surface area (Å²) in [6.07, 6.45) is 3.97. The van der Waals surface area contributed by atoms with Gasteiger partial charge >= 0.3 is 0 Å². The summed E-state index contributed by atoms with van der Waals surface area (Å²) in [5.41, 5.74) is 0.477. The lowest BCUT2D eigenvalue weighted by Crippen LogP contribution is -2.45. The molecule has 1 aromatic rings. The van der Waals surface area contributed by atoms with Crippen LogP contribution in [0.2, 0.25) is 0 Å². The second-order valence-corrected chi connectivity index (χ2v) is 6.87. The van der Waals surface area contributed by atoms with Crippen LogP contribution < -0.4 is 0 Å². The zero-order valence-corrected chi connectivity index (χ0v) is 12.2. The average molecular weight is 288 g/mol. The minimum Gasteiger partial charge on any atom is -0.337 e. The fourth-order valence-electron chi connectivity index (χ4n) is 3.88. The van der Waals surface area contributed by atoms with Gasteiger partial charge in [-0.15, -0.1) is 0 Å². The Morgan fingerprint density at radius 1 is 1.24 bits per heavy atom. The monoisotopic (exact) mass is 288 g/mol. The number of halogens is 1. The normalized spacial score (nSPS) is 28.9. The number of benzene rings is 1. The largest absolute Gasteiger partial charge is 0.337 e. The van der Waals surface area contributed by atoms with E-state index in [4.69, 9.17) is 0 Å². The fourth-order valence-corrected chi connectivity index (χ4v) is 3.88. The summed E-state index contributed by atoms with van der Waals surface area (Å²) in [7, 11) is 0. The van der Waals surface area contributed by atoms with E-state index >= 15 is 0 Å². The van der Waals surface area contributed by atoms with Gasteiger partial charge in [0.05, 0.1) is 0 Å². The quantitative estimate of drug-likeness (QED) is 0.852. The van der Waals surface area contributed by atoms with Gasteiger partial charge in [0, 0.05) is 37.8 Å². The maximum absolute atomic E-state index is 13.3. The first-order valence-corrected chi connectivity index (χ1v) is 7.98. The first-order chi connectivity index (χ1) is 10.2. The van der Waals surface area contributed by atoms with Crippen LogP contribution >= 0.6 is 0 Å². The molecule has 1 aliphatic carbocycles. The maximum atomic E-state index is 13.3. The molecule has 0 radical (unpaired) electrons. The number of fused-ring (bicyclic) bond motifs is 2. The molecule has 4 heteroatoms. The molecule has 0 spiro atoms. The summed E-state index contributed by atoms with van der Waals surface area (Å²) >= 11 is 0. The van der Waals surface area contributed by atoms with E-state index in [1.165, 1.54) is 37.9 Å². The fraction of sp³-hybridized carbons (Fsp3) is 0.588. The van der Waals surface area contributed by atoms with Crippen molar-refractivity contribution in [2.24, 2.45) is 11.8 Å². The van der Waals surface area contributed by atoms with E-state index in [1.807, 2.05) is 4.90 Å². The molecular weight excluding hydrogens is 267 g/mol. The first kappa shape index (κ1) is 13.3. The number of likely N-dealkylation sites (tertiary alicyclic amines) is 2. The van der Waals surface area contributed by atoms with Gasteiger partial charge in [-0.05, 0) is 49.3 Å². The minimum absolute atomic E-state index is 0.0162. The Morgan fingerprint density at radius 2 is 2.10 bits per heavy atom. The Hall–Kier alpha value is -1.42. The van der Waals surface area contributed by atoms with Crippen LogP contribution in [-0.4, -0.2) is 47.9 Å². The molecule has 3 fully saturated rings. The summed E-state index contributed by atoms with van der Waals surface area (Å²) in [6.45, 7) is 3.98. The third kappa shape index (κ3) is 2.69. The summed E-state index contributed by atoms with van der Waals surface area (Å²) in [5.74, 6) is 1.14. The Bertz CT molecular complexity index is 557. The lowest BCUT2D eigenvalue weighted by molar-refractivity contribution is 0.0668. The second-order valence-electron chi connectivity index (χ2n) is 6.87. The van der Waals surface area contributed by atoms with Crippen molar-refractivity contribution in [3.63, 3.8) is 0 Å². The highest BCUT2D eigenvalue weighted by molar-refractivity contribution is 5.94. The minimum atomic E-state index is -0.337. The number of hydrogen-bond acceptors (Lipinski definition) is 2. The third-order valence-corrected chi connectivity index (χ3v) is 5.07. The number of amides is 1. The van der Waals surface area contributed by atoms with Crippen molar-refractivity contribution in [3.8, 4) is 0 Å². The van der Waals surface area contributed by atoms with E-state index in [2.05, 4.69) is 4.90 Å². The third-order valence-electron chi connectivity index (χ3n) is 5.07. The molecular formula is C17H21FN2O. The number of piperidine rings is 1. The predicted octanol–water partition coefficient (Wildman–Crippen LogP) is 2.38. The van der Waals surface area contributed by atoms with Crippen molar-refractivity contribution in [1.29, 1.82) is 0 Å². The van der Waals surface area contributed by atoms with Gasteiger partial charge in [-0.25, -0.2) is 4.39 Å². The molecule has 2 saturated heterocycles. The molecule has 3 nitrogen and oxygen atoms in total. The summed E-state index contributed by atoms with van der Waals surface area (Å²) in [6, 6.07) is 6.57. The van der Waals surface area contributed by atoms with Crippen LogP contribution in [0.15, 0.2) is 24.3 Å². The van der Waals surface area contributed by atoms with Gasteiger partial charge in [-0.1, -0.05) is 6.07 Å². The summed E-state index contributed by atoms with van der Waals surface area (Å²) in [4.78, 5) is 17.1. The van der Waals surface area contributed by atoms with Crippen molar-refractivity contribution >= 4 is 5.91 Å². The van der Waals surface area contributed by atoms with Crippen molar-refractivity contribution in [1.82, 2.24) is 9.80 Å². The number of nitrogens with zero attached hydrogens (tertiary/aromatic N) is 2. The molecule has 112 valence electrons. The van der Waals surface area contributed by atoms with Crippen LogP contribution in [0.1, 0.15) is 29.6 Å². The highest BCUT2D eigenvalue weighted by Gasteiger charge is 2.41. The van der Waals surface area contributed by atoms with Crippen molar-refractivity contribution in [2.45, 2.75) is 25.3 Å². The molecule has 2 aliphatic heterocycles. The molecule has 2 bridgehead atoms. The number of carbonyl (C=O) groups excluding carboxylic acids is 1. The highest BCUT2D eigenvalue weighted by Crippen LogP contribution is 2.36. The summed E-state index contributed by atoms with van der Waals surface area (Å²) in [5, 5.41) is 0. The van der Waals surface area contributed by atoms with Gasteiger partial charge in [0.1, 0.15) is 5.82 Å². The Morgan fingerprint density at radius 3 is 2.86 bits per heavy atom. The van der Waals surface area contributed by atoms with Crippen molar-refractivity contribution in [3.05, 3.63) is 35.6 Å². The van der Waals surface area contributed by atoms with Gasteiger partial charge < -0.3 is 4.90 Å². The predicted molar refractivity (Wildman–Crippen MR) is 78.5 cm³/mol. The molecule has 21 heavy (non-hydrogen) atoms. The van der Waals surface area contributed by atoms with Crippen LogP contribution in [0.5, 0.6) is 0 Å². The van der Waals surface area contributed by atoms with Crippen LogP contribution in [0.4, 0.5) is 4.39 Å². The number of carbonyl (C=O) groups is 1. The van der Waals surface area contributed by atoms with Gasteiger partial charge in [0.2, 0.25) is 0 Å². The molecule has 0 unspecified atom stereocenters. The molecule has 1 saturated carbocycles. The Labute approximate surface area is 124 Å². The topological polar surface area (TPSA) is 23.6 Å². The molecule has 1 aromatic carbocycles. The van der Waals surface area contributed by atoms with E-state index in [-0.39, 0.29) is 11.7 Å². The van der Waals surface area contributed by atoms with Crippen molar-refractivity contribution in [2.75, 3.05) is 26.2 Å². The van der Waals surface area contributed by atoms with Crippen molar-refractivity contribution < 1.29 is 9.18 Å². The SMILES string of the molecule is O=C(c1cccc(F)c1)N1C[C@H]2C[C@@H](C1)N(CC1CC1)C2. The van der Waals surface area contributed by atoms with Gasteiger partial charge in [-0.2, -0.15) is 0 Å². The smallest absolute Gasteiger partial charge is 0.254 e. The molecule has 2 heterocycles. The standard InChI is InChI=1S/C17H21FN2O/c18-15-3-1-2-14(7-15)17(21)20-10-13-6-16(11-20)19(9-13)8-12-4-5-12/h1-3,7,12-13,16H,4-6,8-11H2/t13-,16-/m0/s1. The Kier molecular flexibility index (Phi) is 3.21. The zero-order valence-electron chi connectivity index (χ0n) is 12.2. The van der Waals surface area contributed by atoms with E-state index in [0.29, 0.717) is 17.5 Å². The number of rotatable bonds is 3. The summed E-state index contributed by atoms with van der Waals surface area (Å²) < 4.78 is 13.3. The molecule has 1 amide bonds. The van der Waals surface area contributed by atoms with Crippen LogP contribution in [-0.2, 0) is 0 Å². The van der Waals surface area contributed by atoms with Crippen LogP contribution in [0.25, 0.3) is 0 Å². The van der Waals surface area contributed by atoms with Crippen LogP contribution in [0.3, 0.4) is 0 Å². The number of hydrogen-bond donors (Lipinski definition) is 0. The van der Waals surface area contributed by atoms with Gasteiger partial charge in [0.25, 0.3) is 5.91 Å². The molecule has 2 atom stereocenters. The van der Waals surface area contributed by atoms with E-state index in [1.54, 1.807) is 12.1 Å². The van der Waals surface area contributed by atoms with E-state index < -0.39 is 0 Å².